The highest BCUT2D eigenvalue weighted by Gasteiger charge is 2.16. The van der Waals surface area contributed by atoms with Crippen LogP contribution >= 0.6 is 23.4 Å². The van der Waals surface area contributed by atoms with Crippen molar-refractivity contribution < 1.29 is 4.52 Å². The maximum absolute atomic E-state index is 5.97. The van der Waals surface area contributed by atoms with Crippen molar-refractivity contribution in [2.24, 2.45) is 0 Å². The zero-order chi connectivity index (χ0) is 13.8. The van der Waals surface area contributed by atoms with Crippen LogP contribution in [0.5, 0.6) is 0 Å². The van der Waals surface area contributed by atoms with Crippen LogP contribution in [0.1, 0.15) is 49.2 Å². The molecule has 2 aromatic rings. The van der Waals surface area contributed by atoms with E-state index in [1.165, 1.54) is 5.56 Å². The maximum Gasteiger partial charge on any atom is 0.239 e. The van der Waals surface area contributed by atoms with Gasteiger partial charge in [-0.15, -0.1) is 11.8 Å². The van der Waals surface area contributed by atoms with Crippen LogP contribution in [0.3, 0.4) is 0 Å². The molecule has 102 valence electrons. The summed E-state index contributed by atoms with van der Waals surface area (Å²) in [4.78, 5) is 4.41. The minimum atomic E-state index is 0.180. The number of rotatable bonds is 5. The van der Waals surface area contributed by atoms with Gasteiger partial charge in [0.1, 0.15) is 0 Å². The van der Waals surface area contributed by atoms with Crippen LogP contribution in [0.4, 0.5) is 0 Å². The first-order chi connectivity index (χ1) is 9.06. The van der Waals surface area contributed by atoms with Gasteiger partial charge in [0.05, 0.1) is 5.25 Å². The lowest BCUT2D eigenvalue weighted by Gasteiger charge is -2.06. The largest absolute Gasteiger partial charge is 0.338 e. The predicted molar refractivity (Wildman–Crippen MR) is 79.5 cm³/mol. The summed E-state index contributed by atoms with van der Waals surface area (Å²) in [6.45, 7) is 6.18. The Morgan fingerprint density at radius 2 is 2.11 bits per heavy atom. The van der Waals surface area contributed by atoms with E-state index < -0.39 is 0 Å². The lowest BCUT2D eigenvalue weighted by Crippen LogP contribution is -1.93. The van der Waals surface area contributed by atoms with E-state index in [0.717, 1.165) is 16.6 Å². The van der Waals surface area contributed by atoms with Gasteiger partial charge in [0.25, 0.3) is 0 Å². The number of halogens is 1. The maximum atomic E-state index is 5.97. The van der Waals surface area contributed by atoms with E-state index in [2.05, 4.69) is 37.0 Å². The molecule has 5 heteroatoms. The van der Waals surface area contributed by atoms with Gasteiger partial charge in [-0.05, 0) is 24.6 Å². The lowest BCUT2D eigenvalue weighted by atomic mass is 10.2. The molecule has 19 heavy (non-hydrogen) atoms. The molecule has 0 aliphatic rings. The van der Waals surface area contributed by atoms with Crippen molar-refractivity contribution in [3.63, 3.8) is 0 Å². The summed E-state index contributed by atoms with van der Waals surface area (Å²) in [6, 6.07) is 7.89. The van der Waals surface area contributed by atoms with Gasteiger partial charge in [0.15, 0.2) is 5.82 Å². The van der Waals surface area contributed by atoms with E-state index in [4.69, 9.17) is 16.1 Å². The van der Waals surface area contributed by atoms with E-state index >= 15 is 0 Å². The van der Waals surface area contributed by atoms with E-state index in [1.807, 2.05) is 18.2 Å². The molecule has 0 fully saturated rings. The first kappa shape index (κ1) is 14.4. The smallest absolute Gasteiger partial charge is 0.239 e. The quantitative estimate of drug-likeness (QED) is 0.791. The number of aromatic nitrogens is 2. The number of benzene rings is 1. The van der Waals surface area contributed by atoms with Gasteiger partial charge in [0.2, 0.25) is 5.89 Å². The molecule has 0 aliphatic heterocycles. The third-order valence-corrected chi connectivity index (χ3v) is 4.15. The topological polar surface area (TPSA) is 38.9 Å². The molecule has 1 atom stereocenters. The molecule has 1 heterocycles. The van der Waals surface area contributed by atoms with Crippen molar-refractivity contribution in [1.29, 1.82) is 0 Å². The van der Waals surface area contributed by atoms with Gasteiger partial charge in [-0.2, -0.15) is 4.98 Å². The third-order valence-electron chi connectivity index (χ3n) is 2.71. The first-order valence-electron chi connectivity index (χ1n) is 6.26. The highest BCUT2D eigenvalue weighted by atomic mass is 35.5. The first-order valence-corrected chi connectivity index (χ1v) is 7.68. The van der Waals surface area contributed by atoms with Crippen LogP contribution in [0.15, 0.2) is 28.8 Å². The summed E-state index contributed by atoms with van der Waals surface area (Å²) in [6.07, 6.45) is 0. The molecule has 1 aromatic carbocycles. The fourth-order valence-corrected chi connectivity index (χ4v) is 2.64. The van der Waals surface area contributed by atoms with Crippen molar-refractivity contribution in [1.82, 2.24) is 10.1 Å². The zero-order valence-electron chi connectivity index (χ0n) is 11.3. The molecule has 0 unspecified atom stereocenters. The van der Waals surface area contributed by atoms with Gasteiger partial charge < -0.3 is 4.52 Å². The molecule has 0 saturated carbocycles. The molecule has 0 saturated heterocycles. The third kappa shape index (κ3) is 3.98. The Kier molecular flexibility index (Phi) is 4.88. The predicted octanol–water partition coefficient (Wildman–Crippen LogP) is 4.84. The van der Waals surface area contributed by atoms with Crippen molar-refractivity contribution in [2.45, 2.75) is 37.7 Å². The molecule has 0 aliphatic carbocycles. The van der Waals surface area contributed by atoms with Crippen LogP contribution in [-0.2, 0) is 5.75 Å². The van der Waals surface area contributed by atoms with Crippen LogP contribution in [0, 0.1) is 0 Å². The van der Waals surface area contributed by atoms with E-state index in [9.17, 15) is 0 Å². The summed E-state index contributed by atoms with van der Waals surface area (Å²) in [5, 5.41) is 4.93. The normalized spacial score (nSPS) is 12.9. The summed E-state index contributed by atoms with van der Waals surface area (Å²) in [7, 11) is 0. The summed E-state index contributed by atoms with van der Waals surface area (Å²) in [5.41, 5.74) is 1.20. The highest BCUT2D eigenvalue weighted by molar-refractivity contribution is 7.98. The molecule has 0 amide bonds. The molecule has 1 aromatic heterocycles. The molecule has 2 rings (SSSR count). The Hall–Kier alpha value is -1.00. The fraction of sp³-hybridized carbons (Fsp3) is 0.429. The second kappa shape index (κ2) is 6.44. The van der Waals surface area contributed by atoms with Gasteiger partial charge in [-0.25, -0.2) is 0 Å². The minimum Gasteiger partial charge on any atom is -0.338 e. The Balaban J connectivity index is 1.95. The monoisotopic (exact) mass is 296 g/mol. The van der Waals surface area contributed by atoms with Crippen LogP contribution in [0.2, 0.25) is 5.02 Å². The Morgan fingerprint density at radius 1 is 1.32 bits per heavy atom. The fourth-order valence-electron chi connectivity index (χ4n) is 1.57. The summed E-state index contributed by atoms with van der Waals surface area (Å²) < 4.78 is 5.29. The van der Waals surface area contributed by atoms with Crippen LogP contribution in [0.25, 0.3) is 0 Å². The number of hydrogen-bond acceptors (Lipinski definition) is 4. The van der Waals surface area contributed by atoms with Gasteiger partial charge >= 0.3 is 0 Å². The molecule has 0 radical (unpaired) electrons. The number of thioether (sulfide) groups is 1. The lowest BCUT2D eigenvalue weighted by molar-refractivity contribution is 0.373. The summed E-state index contributed by atoms with van der Waals surface area (Å²) >= 11 is 7.73. The average molecular weight is 297 g/mol. The van der Waals surface area contributed by atoms with Crippen LogP contribution in [-0.4, -0.2) is 10.1 Å². The Labute approximate surface area is 122 Å². The molecular formula is C14H17ClN2OS. The molecular weight excluding hydrogens is 280 g/mol. The Morgan fingerprint density at radius 3 is 2.74 bits per heavy atom. The van der Waals surface area contributed by atoms with Gasteiger partial charge in [0, 0.05) is 16.7 Å². The van der Waals surface area contributed by atoms with Crippen molar-refractivity contribution in [2.75, 3.05) is 0 Å². The van der Waals surface area contributed by atoms with E-state index in [1.54, 1.807) is 11.8 Å². The van der Waals surface area contributed by atoms with Crippen LogP contribution < -0.4 is 0 Å². The van der Waals surface area contributed by atoms with Crippen molar-refractivity contribution in [3.8, 4) is 0 Å². The van der Waals surface area contributed by atoms with Gasteiger partial charge in [-0.1, -0.05) is 42.7 Å². The van der Waals surface area contributed by atoms with Crippen molar-refractivity contribution in [3.05, 3.63) is 46.6 Å². The SMILES string of the molecule is CC(C)c1noc([C@@H](C)SCc2cccc(Cl)c2)n1. The standard InChI is InChI=1S/C14H17ClN2OS/c1-9(2)13-16-14(18-17-13)10(3)19-8-11-5-4-6-12(15)7-11/h4-7,9-10H,8H2,1-3H3/t10-/m1/s1. The second-order valence-corrected chi connectivity index (χ2v) is 6.49. The van der Waals surface area contributed by atoms with E-state index in [0.29, 0.717) is 11.8 Å². The molecule has 0 spiro atoms. The summed E-state index contributed by atoms with van der Waals surface area (Å²) in [5.74, 6) is 2.63. The minimum absolute atomic E-state index is 0.180. The molecule has 3 nitrogen and oxygen atoms in total. The molecule has 0 N–H and O–H groups in total. The molecule has 0 bridgehead atoms. The van der Waals surface area contributed by atoms with Crippen molar-refractivity contribution >= 4 is 23.4 Å². The average Bonchev–Trinajstić information content (AvgIpc) is 2.86. The van der Waals surface area contributed by atoms with E-state index in [-0.39, 0.29) is 5.25 Å². The zero-order valence-corrected chi connectivity index (χ0v) is 12.8. The number of nitrogens with zero attached hydrogens (tertiary/aromatic N) is 2. The highest BCUT2D eigenvalue weighted by Crippen LogP contribution is 2.31. The second-order valence-electron chi connectivity index (χ2n) is 4.73. The number of hydrogen-bond donors (Lipinski definition) is 0. The van der Waals surface area contributed by atoms with Gasteiger partial charge in [-0.3, -0.25) is 0 Å². The Bertz CT molecular complexity index is 542.